The number of benzene rings is 2. The van der Waals surface area contributed by atoms with Crippen LogP contribution in [0.15, 0.2) is 60.9 Å². The lowest BCUT2D eigenvalue weighted by atomic mass is 10.0. The van der Waals surface area contributed by atoms with Crippen LogP contribution in [-0.2, 0) is 10.9 Å². The van der Waals surface area contributed by atoms with Crippen molar-refractivity contribution in [2.45, 2.75) is 6.18 Å². The molecule has 12 heteroatoms. The maximum absolute atomic E-state index is 13.0. The van der Waals surface area contributed by atoms with Gasteiger partial charge in [-0.15, -0.1) is 0 Å². The van der Waals surface area contributed by atoms with Crippen LogP contribution in [0.3, 0.4) is 0 Å². The fourth-order valence-electron chi connectivity index (χ4n) is 4.04. The molecule has 1 fully saturated rings. The number of nitrogens with one attached hydrogen (secondary N) is 3. The van der Waals surface area contributed by atoms with Crippen LogP contribution in [0.1, 0.15) is 16.1 Å². The maximum Gasteiger partial charge on any atom is 0.416 e. The summed E-state index contributed by atoms with van der Waals surface area (Å²) in [4.78, 5) is 31.4. The van der Waals surface area contributed by atoms with Gasteiger partial charge in [-0.05, 0) is 35.9 Å². The highest BCUT2D eigenvalue weighted by Gasteiger charge is 2.30. The molecule has 0 radical (unpaired) electrons. The Morgan fingerprint density at radius 2 is 1.70 bits per heavy atom. The summed E-state index contributed by atoms with van der Waals surface area (Å²) in [7, 11) is 0. The summed E-state index contributed by atoms with van der Waals surface area (Å²) < 4.78 is 44.0. The third-order valence-electron chi connectivity index (χ3n) is 5.89. The van der Waals surface area contributed by atoms with Crippen LogP contribution in [0.25, 0.3) is 22.0 Å². The van der Waals surface area contributed by atoms with Crippen LogP contribution < -0.4 is 10.6 Å². The number of urea groups is 1. The van der Waals surface area contributed by atoms with Crippen LogP contribution in [0.5, 0.6) is 0 Å². The molecule has 3 amide bonds. The van der Waals surface area contributed by atoms with Gasteiger partial charge in [0.1, 0.15) is 0 Å². The molecule has 4 aromatic rings. The highest BCUT2D eigenvalue weighted by Crippen LogP contribution is 2.31. The topological polar surface area (TPSA) is 112 Å². The van der Waals surface area contributed by atoms with E-state index in [1.54, 1.807) is 41.6 Å². The summed E-state index contributed by atoms with van der Waals surface area (Å²) in [6.07, 6.45) is -1.28. The van der Waals surface area contributed by atoms with Crippen LogP contribution >= 0.6 is 0 Å². The van der Waals surface area contributed by atoms with E-state index < -0.39 is 17.8 Å². The highest BCUT2D eigenvalue weighted by atomic mass is 19.4. The Kier molecular flexibility index (Phi) is 6.49. The number of carbonyl (C=O) groups is 2. The van der Waals surface area contributed by atoms with Crippen molar-refractivity contribution in [1.82, 2.24) is 20.1 Å². The Morgan fingerprint density at radius 3 is 2.43 bits per heavy atom. The number of ether oxygens (including phenoxy) is 1. The number of anilines is 2. The molecule has 1 aliphatic heterocycles. The molecule has 1 saturated heterocycles. The number of H-pyrrole nitrogens is 1. The minimum atomic E-state index is -4.51. The monoisotopic (exact) mass is 510 g/mol. The van der Waals surface area contributed by atoms with E-state index in [1.807, 2.05) is 0 Å². The first-order valence-electron chi connectivity index (χ1n) is 11.3. The smallest absolute Gasteiger partial charge is 0.378 e. The number of aromatic nitrogens is 3. The molecular weight excluding hydrogens is 489 g/mol. The van der Waals surface area contributed by atoms with Crippen molar-refractivity contribution < 1.29 is 27.5 Å². The van der Waals surface area contributed by atoms with Crippen molar-refractivity contribution in [3.63, 3.8) is 0 Å². The Hall–Kier alpha value is -4.45. The van der Waals surface area contributed by atoms with E-state index >= 15 is 0 Å². The second-order valence-corrected chi connectivity index (χ2v) is 8.32. The van der Waals surface area contributed by atoms with Gasteiger partial charge in [-0.3, -0.25) is 9.89 Å². The Balaban J connectivity index is 1.31. The zero-order chi connectivity index (χ0) is 26.0. The Labute approximate surface area is 208 Å². The van der Waals surface area contributed by atoms with E-state index in [-0.39, 0.29) is 17.3 Å². The fourth-order valence-corrected chi connectivity index (χ4v) is 4.04. The molecule has 3 heterocycles. The molecule has 5 rings (SSSR count). The minimum Gasteiger partial charge on any atom is -0.378 e. The molecule has 9 nitrogen and oxygen atoms in total. The number of pyridine rings is 1. The van der Waals surface area contributed by atoms with Crippen LogP contribution in [0.2, 0.25) is 0 Å². The summed E-state index contributed by atoms with van der Waals surface area (Å²) >= 11 is 0. The summed E-state index contributed by atoms with van der Waals surface area (Å²) in [5.74, 6) is -0.199. The van der Waals surface area contributed by atoms with Gasteiger partial charge in [0, 0.05) is 41.6 Å². The molecular formula is C25H21F3N6O3. The van der Waals surface area contributed by atoms with E-state index in [0.717, 1.165) is 28.6 Å². The van der Waals surface area contributed by atoms with Crippen LogP contribution in [0.4, 0.5) is 29.3 Å². The SMILES string of the molecule is O=C(Nc1ccc(-c2cnc(C(=O)N3CCOCC3)c3[nH]ncc23)cc1)Nc1cccc(C(F)(F)F)c1. The van der Waals surface area contributed by atoms with Gasteiger partial charge < -0.3 is 20.3 Å². The first-order chi connectivity index (χ1) is 17.8. The molecule has 37 heavy (non-hydrogen) atoms. The highest BCUT2D eigenvalue weighted by molar-refractivity contribution is 6.07. The van der Waals surface area contributed by atoms with Gasteiger partial charge in [0.15, 0.2) is 5.69 Å². The molecule has 0 bridgehead atoms. The zero-order valence-electron chi connectivity index (χ0n) is 19.3. The Bertz CT molecular complexity index is 1450. The summed E-state index contributed by atoms with van der Waals surface area (Å²) in [6, 6.07) is 10.5. The second kappa shape index (κ2) is 9.90. The van der Waals surface area contributed by atoms with E-state index in [0.29, 0.717) is 37.5 Å². The summed E-state index contributed by atoms with van der Waals surface area (Å²) in [5.41, 5.74) is 1.91. The molecule has 0 unspecified atom stereocenters. The molecule has 0 saturated carbocycles. The predicted octanol–water partition coefficient (Wildman–Crippen LogP) is 4.76. The minimum absolute atomic E-state index is 0.0177. The van der Waals surface area contributed by atoms with Gasteiger partial charge in [-0.2, -0.15) is 18.3 Å². The Morgan fingerprint density at radius 1 is 0.973 bits per heavy atom. The average molecular weight is 510 g/mol. The molecule has 2 aromatic carbocycles. The summed E-state index contributed by atoms with van der Waals surface area (Å²) in [5, 5.41) is 12.7. The normalized spacial score (nSPS) is 14.0. The number of hydrogen-bond acceptors (Lipinski definition) is 5. The number of halogens is 3. The van der Waals surface area contributed by atoms with Gasteiger partial charge in [0.25, 0.3) is 5.91 Å². The number of nitrogens with zero attached hydrogens (tertiary/aromatic N) is 3. The van der Waals surface area contributed by atoms with Crippen LogP contribution in [0, 0.1) is 0 Å². The zero-order valence-corrected chi connectivity index (χ0v) is 19.3. The lowest BCUT2D eigenvalue weighted by Gasteiger charge is -2.26. The number of amides is 3. The van der Waals surface area contributed by atoms with E-state index in [4.69, 9.17) is 4.74 Å². The molecule has 0 atom stereocenters. The first kappa shape index (κ1) is 24.3. The molecule has 0 spiro atoms. The van der Waals surface area contributed by atoms with Crippen molar-refractivity contribution in [2.24, 2.45) is 0 Å². The fraction of sp³-hybridized carbons (Fsp3) is 0.200. The lowest BCUT2D eigenvalue weighted by molar-refractivity contribution is -0.137. The molecule has 2 aromatic heterocycles. The van der Waals surface area contributed by atoms with E-state index in [9.17, 15) is 22.8 Å². The maximum atomic E-state index is 13.0. The quantitative estimate of drug-likeness (QED) is 0.367. The van der Waals surface area contributed by atoms with Crippen molar-refractivity contribution in [3.05, 3.63) is 72.2 Å². The number of rotatable bonds is 4. The van der Waals surface area contributed by atoms with Crippen molar-refractivity contribution in [2.75, 3.05) is 36.9 Å². The standard InChI is InChI=1S/C25H21F3N6O3/c26-25(27,28)16-2-1-3-18(12-16)32-24(36)31-17-6-4-15(5-7-17)19-13-29-22(21-20(19)14-30-33-21)23(35)34-8-10-37-11-9-34/h1-7,12-14H,8-11H2,(H,30,33)(H2,31,32,36). The van der Waals surface area contributed by atoms with Crippen molar-refractivity contribution >= 4 is 34.2 Å². The first-order valence-corrected chi connectivity index (χ1v) is 11.3. The summed E-state index contributed by atoms with van der Waals surface area (Å²) in [6.45, 7) is 1.95. The third kappa shape index (κ3) is 5.23. The molecule has 190 valence electrons. The van der Waals surface area contributed by atoms with E-state index in [2.05, 4.69) is 25.8 Å². The second-order valence-electron chi connectivity index (χ2n) is 8.32. The van der Waals surface area contributed by atoms with Gasteiger partial charge in [0.05, 0.1) is 30.5 Å². The number of carbonyl (C=O) groups excluding carboxylic acids is 2. The number of aromatic amines is 1. The predicted molar refractivity (Wildman–Crippen MR) is 130 cm³/mol. The largest absolute Gasteiger partial charge is 0.416 e. The van der Waals surface area contributed by atoms with Gasteiger partial charge in [-0.1, -0.05) is 18.2 Å². The number of hydrogen-bond donors (Lipinski definition) is 3. The van der Waals surface area contributed by atoms with E-state index in [1.165, 1.54) is 12.1 Å². The van der Waals surface area contributed by atoms with Gasteiger partial charge >= 0.3 is 12.2 Å². The molecule has 3 N–H and O–H groups in total. The van der Waals surface area contributed by atoms with Crippen molar-refractivity contribution in [1.29, 1.82) is 0 Å². The van der Waals surface area contributed by atoms with Gasteiger partial charge in [0.2, 0.25) is 0 Å². The third-order valence-corrected chi connectivity index (χ3v) is 5.89. The number of morpholine rings is 1. The number of alkyl halides is 3. The van der Waals surface area contributed by atoms with Gasteiger partial charge in [-0.25, -0.2) is 9.78 Å². The number of fused-ring (bicyclic) bond motifs is 1. The van der Waals surface area contributed by atoms with Crippen molar-refractivity contribution in [3.8, 4) is 11.1 Å². The average Bonchev–Trinajstić information content (AvgIpc) is 3.39. The van der Waals surface area contributed by atoms with Crippen LogP contribution in [-0.4, -0.2) is 58.3 Å². The lowest BCUT2D eigenvalue weighted by Crippen LogP contribution is -2.41. The molecule has 0 aliphatic carbocycles. The molecule has 1 aliphatic rings.